The van der Waals surface area contributed by atoms with Gasteiger partial charge >= 0.3 is 6.18 Å². The first-order valence-electron chi connectivity index (χ1n) is 12.7. The monoisotopic (exact) mass is 500 g/mol. The normalized spacial score (nSPS) is 14.3. The molecule has 4 rings (SSSR count). The first kappa shape index (κ1) is 26.7. The summed E-state index contributed by atoms with van der Waals surface area (Å²) in [5, 5.41) is 0. The molecule has 192 valence electrons. The fourth-order valence-electron chi connectivity index (χ4n) is 5.40. The summed E-state index contributed by atoms with van der Waals surface area (Å²) in [6.45, 7) is 11.6. The molecular weight excluding hydrogens is 465 g/mol. The lowest BCUT2D eigenvalue weighted by Crippen LogP contribution is -2.53. The number of hydrogen-bond donors (Lipinski definition) is 0. The highest BCUT2D eigenvalue weighted by atomic mass is 19.4. The van der Waals surface area contributed by atoms with Crippen molar-refractivity contribution in [2.45, 2.75) is 58.5 Å². The fourth-order valence-corrected chi connectivity index (χ4v) is 5.40. The Labute approximate surface area is 219 Å². The third-order valence-electron chi connectivity index (χ3n) is 7.38. The van der Waals surface area contributed by atoms with Gasteiger partial charge < -0.3 is 0 Å². The lowest BCUT2D eigenvalue weighted by molar-refractivity contribution is -0.204. The van der Waals surface area contributed by atoms with Gasteiger partial charge in [-0.05, 0) is 49.8 Å². The van der Waals surface area contributed by atoms with E-state index < -0.39 is 17.0 Å². The van der Waals surface area contributed by atoms with E-state index in [9.17, 15) is 13.2 Å². The molecule has 37 heavy (non-hydrogen) atoms. The Hall–Kier alpha value is -3.33. The van der Waals surface area contributed by atoms with Crippen molar-refractivity contribution >= 4 is 0 Å². The first-order chi connectivity index (χ1) is 17.2. The van der Waals surface area contributed by atoms with Gasteiger partial charge in [0.2, 0.25) is 0 Å². The van der Waals surface area contributed by atoms with Crippen LogP contribution in [0.25, 0.3) is 22.3 Å². The second-order valence-electron chi connectivity index (χ2n) is 11.8. The summed E-state index contributed by atoms with van der Waals surface area (Å²) < 4.78 is 44.9. The molecule has 0 aliphatic carbocycles. The van der Waals surface area contributed by atoms with Crippen LogP contribution in [0.4, 0.5) is 13.2 Å². The predicted octanol–water partition coefficient (Wildman–Crippen LogP) is 10.2. The summed E-state index contributed by atoms with van der Waals surface area (Å²) in [7, 11) is 0. The van der Waals surface area contributed by atoms with Gasteiger partial charge in [-0.15, -0.1) is 0 Å². The Morgan fingerprint density at radius 1 is 0.405 bits per heavy atom. The molecule has 0 aliphatic rings. The molecule has 0 spiro atoms. The third-order valence-corrected chi connectivity index (χ3v) is 7.38. The standard InChI is InChI=1S/C34H35F3/c1-31(2,3)28-20-16-26(17-21-28)24-12-14-25(15-13-24)27-18-22-30(23-19-27)33(32(4,5)6,34(35,36)37)29-10-8-7-9-11-29/h7-23H,1-6H3. The maximum absolute atomic E-state index is 15.0. The van der Waals surface area contributed by atoms with E-state index in [0.29, 0.717) is 0 Å². The SMILES string of the molecule is CC(C)(C)c1ccc(-c2ccc(-c3ccc(C(c4ccccc4)(C(C)(C)C)C(F)(F)F)cc3)cc2)cc1. The molecule has 0 saturated carbocycles. The molecule has 0 aromatic heterocycles. The topological polar surface area (TPSA) is 0 Å². The van der Waals surface area contributed by atoms with Crippen LogP contribution < -0.4 is 0 Å². The number of alkyl halides is 3. The Kier molecular flexibility index (Phi) is 6.88. The van der Waals surface area contributed by atoms with Crippen LogP contribution in [0.3, 0.4) is 0 Å². The van der Waals surface area contributed by atoms with Crippen LogP contribution in [-0.2, 0) is 10.8 Å². The largest absolute Gasteiger partial charge is 0.402 e. The molecule has 0 nitrogen and oxygen atoms in total. The van der Waals surface area contributed by atoms with Gasteiger partial charge in [-0.3, -0.25) is 0 Å². The lowest BCUT2D eigenvalue weighted by atomic mass is 9.58. The molecule has 4 aromatic carbocycles. The number of benzene rings is 4. The van der Waals surface area contributed by atoms with E-state index in [0.717, 1.165) is 22.3 Å². The zero-order valence-corrected chi connectivity index (χ0v) is 22.4. The molecule has 1 unspecified atom stereocenters. The Morgan fingerprint density at radius 3 is 1.05 bits per heavy atom. The average molecular weight is 501 g/mol. The maximum atomic E-state index is 15.0. The van der Waals surface area contributed by atoms with Crippen LogP contribution in [0.2, 0.25) is 0 Å². The summed E-state index contributed by atoms with van der Waals surface area (Å²) in [6, 6.07) is 31.9. The zero-order valence-electron chi connectivity index (χ0n) is 22.4. The van der Waals surface area contributed by atoms with Gasteiger partial charge in [0.25, 0.3) is 0 Å². The molecular formula is C34H35F3. The highest BCUT2D eigenvalue weighted by Crippen LogP contribution is 2.56. The Morgan fingerprint density at radius 2 is 0.730 bits per heavy atom. The van der Waals surface area contributed by atoms with Crippen molar-refractivity contribution in [3.8, 4) is 22.3 Å². The Bertz CT molecular complexity index is 1300. The highest BCUT2D eigenvalue weighted by Gasteiger charge is 2.63. The van der Waals surface area contributed by atoms with Crippen molar-refractivity contribution < 1.29 is 13.2 Å². The van der Waals surface area contributed by atoms with Crippen LogP contribution >= 0.6 is 0 Å². The first-order valence-corrected chi connectivity index (χ1v) is 12.7. The molecule has 4 aromatic rings. The molecule has 0 aliphatic heterocycles. The van der Waals surface area contributed by atoms with E-state index in [4.69, 9.17) is 0 Å². The third kappa shape index (κ3) is 4.97. The van der Waals surface area contributed by atoms with Crippen LogP contribution in [-0.4, -0.2) is 6.18 Å². The van der Waals surface area contributed by atoms with Crippen LogP contribution in [0.1, 0.15) is 58.2 Å². The van der Waals surface area contributed by atoms with E-state index in [2.05, 4.69) is 57.2 Å². The number of hydrogen-bond acceptors (Lipinski definition) is 0. The highest BCUT2D eigenvalue weighted by molar-refractivity contribution is 5.71. The van der Waals surface area contributed by atoms with Crippen molar-refractivity contribution in [3.05, 3.63) is 120 Å². The predicted molar refractivity (Wildman–Crippen MR) is 149 cm³/mol. The van der Waals surface area contributed by atoms with Crippen LogP contribution in [0.5, 0.6) is 0 Å². The van der Waals surface area contributed by atoms with Gasteiger partial charge in [-0.2, -0.15) is 13.2 Å². The molecule has 0 bridgehead atoms. The molecule has 3 heteroatoms. The van der Waals surface area contributed by atoms with Gasteiger partial charge in [-0.1, -0.05) is 145 Å². The van der Waals surface area contributed by atoms with E-state index in [1.54, 1.807) is 75.4 Å². The molecule has 0 fully saturated rings. The van der Waals surface area contributed by atoms with Crippen molar-refractivity contribution in [2.24, 2.45) is 5.41 Å². The fraction of sp³-hybridized carbons (Fsp3) is 0.294. The van der Waals surface area contributed by atoms with Crippen LogP contribution in [0, 0.1) is 5.41 Å². The summed E-state index contributed by atoms with van der Waals surface area (Å²) in [5.74, 6) is 0. The van der Waals surface area contributed by atoms with Crippen molar-refractivity contribution in [1.82, 2.24) is 0 Å². The minimum Gasteiger partial charge on any atom is -0.170 e. The molecule has 0 amide bonds. The van der Waals surface area contributed by atoms with Crippen molar-refractivity contribution in [3.63, 3.8) is 0 Å². The summed E-state index contributed by atoms with van der Waals surface area (Å²) >= 11 is 0. The van der Waals surface area contributed by atoms with Gasteiger partial charge in [0.15, 0.2) is 0 Å². The van der Waals surface area contributed by atoms with Gasteiger partial charge in [-0.25, -0.2) is 0 Å². The quantitative estimate of drug-likeness (QED) is 0.261. The molecule has 1 atom stereocenters. The van der Waals surface area contributed by atoms with Crippen LogP contribution in [0.15, 0.2) is 103 Å². The summed E-state index contributed by atoms with van der Waals surface area (Å²) in [6.07, 6.45) is -4.47. The lowest BCUT2D eigenvalue weighted by Gasteiger charge is -2.47. The number of rotatable bonds is 4. The number of halogens is 3. The second-order valence-corrected chi connectivity index (χ2v) is 11.8. The van der Waals surface area contributed by atoms with Crippen molar-refractivity contribution in [1.29, 1.82) is 0 Å². The Balaban J connectivity index is 1.69. The van der Waals surface area contributed by atoms with E-state index >= 15 is 0 Å². The summed E-state index contributed by atoms with van der Waals surface area (Å²) in [5.41, 5.74) is 2.75. The zero-order chi connectivity index (χ0) is 27.1. The van der Waals surface area contributed by atoms with Gasteiger partial charge in [0.1, 0.15) is 5.41 Å². The van der Waals surface area contributed by atoms with Crippen molar-refractivity contribution in [2.75, 3.05) is 0 Å². The van der Waals surface area contributed by atoms with Gasteiger partial charge in [0, 0.05) is 0 Å². The molecule has 0 N–H and O–H groups in total. The average Bonchev–Trinajstić information content (AvgIpc) is 2.83. The molecule has 0 radical (unpaired) electrons. The second kappa shape index (κ2) is 9.52. The van der Waals surface area contributed by atoms with Gasteiger partial charge in [0.05, 0.1) is 0 Å². The minimum atomic E-state index is -4.47. The smallest absolute Gasteiger partial charge is 0.170 e. The van der Waals surface area contributed by atoms with E-state index in [-0.39, 0.29) is 16.5 Å². The van der Waals surface area contributed by atoms with E-state index in [1.165, 1.54) is 5.56 Å². The maximum Gasteiger partial charge on any atom is 0.402 e. The molecule has 0 saturated heterocycles. The summed E-state index contributed by atoms with van der Waals surface area (Å²) in [4.78, 5) is 0. The van der Waals surface area contributed by atoms with E-state index in [1.807, 2.05) is 12.1 Å². The molecule has 0 heterocycles. The minimum absolute atomic E-state index is 0.103.